The number of methoxy groups -OCH3 is 1. The normalized spacial score (nSPS) is 15.8. The number of anilines is 2. The van der Waals surface area contributed by atoms with Crippen molar-refractivity contribution in [1.29, 1.82) is 0 Å². The molecule has 0 saturated carbocycles. The van der Waals surface area contributed by atoms with E-state index < -0.39 is 5.97 Å². The minimum atomic E-state index is -1.02. The van der Waals surface area contributed by atoms with Crippen molar-refractivity contribution < 1.29 is 19.4 Å². The number of carboxylic acid groups (broad SMARTS) is 1. The summed E-state index contributed by atoms with van der Waals surface area (Å²) in [5.74, 6) is 0.0751. The van der Waals surface area contributed by atoms with E-state index >= 15 is 0 Å². The molecule has 2 atom stereocenters. The third-order valence-electron chi connectivity index (χ3n) is 6.50. The minimum absolute atomic E-state index is 0.125. The molecule has 0 spiro atoms. The first-order chi connectivity index (χ1) is 17.1. The first-order valence-corrected chi connectivity index (χ1v) is 11.7. The fourth-order valence-corrected chi connectivity index (χ4v) is 4.80. The first kappa shape index (κ1) is 22.7. The number of fused-ring (bicyclic) bond motifs is 2. The molecule has 1 unspecified atom stereocenters. The summed E-state index contributed by atoms with van der Waals surface area (Å²) in [7, 11) is 1.50. The molecule has 4 aromatic rings. The Morgan fingerprint density at radius 1 is 1.03 bits per heavy atom. The van der Waals surface area contributed by atoms with Crippen LogP contribution < -0.4 is 19.7 Å². The van der Waals surface area contributed by atoms with Crippen molar-refractivity contribution in [3.05, 3.63) is 96.1 Å². The van der Waals surface area contributed by atoms with Gasteiger partial charge >= 0.3 is 5.97 Å². The van der Waals surface area contributed by atoms with Gasteiger partial charge in [-0.3, -0.25) is 0 Å². The largest absolute Gasteiger partial charge is 0.494 e. The van der Waals surface area contributed by atoms with Crippen LogP contribution in [0.4, 0.5) is 11.4 Å². The van der Waals surface area contributed by atoms with Crippen LogP contribution in [0.2, 0.25) is 0 Å². The van der Waals surface area contributed by atoms with Crippen molar-refractivity contribution in [3.8, 4) is 11.5 Å². The third kappa shape index (κ3) is 4.40. The van der Waals surface area contributed by atoms with Crippen LogP contribution in [0.3, 0.4) is 0 Å². The molecule has 0 aliphatic carbocycles. The zero-order valence-electron chi connectivity index (χ0n) is 19.8. The molecule has 1 aliphatic heterocycles. The molecule has 1 aliphatic rings. The number of benzene rings is 4. The maximum absolute atomic E-state index is 11.8. The Morgan fingerprint density at radius 2 is 1.74 bits per heavy atom. The van der Waals surface area contributed by atoms with Gasteiger partial charge in [-0.2, -0.15) is 0 Å². The van der Waals surface area contributed by atoms with Gasteiger partial charge in [-0.05, 0) is 47.5 Å². The molecule has 6 heteroatoms. The molecule has 0 amide bonds. The number of nitrogens with zero attached hydrogens (tertiary/aromatic N) is 1. The lowest BCUT2D eigenvalue weighted by Crippen LogP contribution is -2.44. The van der Waals surface area contributed by atoms with Gasteiger partial charge in [0.25, 0.3) is 0 Å². The highest BCUT2D eigenvalue weighted by Crippen LogP contribution is 2.42. The summed E-state index contributed by atoms with van der Waals surface area (Å²) in [5, 5.41) is 15.8. The van der Waals surface area contributed by atoms with Crippen LogP contribution in [0.5, 0.6) is 11.5 Å². The van der Waals surface area contributed by atoms with Crippen LogP contribution in [0.25, 0.3) is 10.8 Å². The topological polar surface area (TPSA) is 71.0 Å². The molecule has 0 saturated heterocycles. The van der Waals surface area contributed by atoms with Crippen molar-refractivity contribution in [1.82, 2.24) is 5.32 Å². The Balaban J connectivity index is 1.42. The van der Waals surface area contributed by atoms with Crippen LogP contribution in [-0.4, -0.2) is 37.4 Å². The predicted octanol–water partition coefficient (Wildman–Crippen LogP) is 5.80. The summed E-state index contributed by atoms with van der Waals surface area (Å²) in [6.45, 7) is 3.33. The molecular formula is C29H28N2O4. The SMILES string of the molecule is COc1c(C(=O)O)cccc1N1CC(CN[C@H](C)c2cccc3ccccc23)Oc2ccccc21. The number of carbonyl (C=O) groups is 1. The zero-order chi connectivity index (χ0) is 24.4. The van der Waals surface area contributed by atoms with E-state index in [1.54, 1.807) is 12.1 Å². The summed E-state index contributed by atoms with van der Waals surface area (Å²) < 4.78 is 11.9. The van der Waals surface area contributed by atoms with Crippen LogP contribution >= 0.6 is 0 Å². The summed E-state index contributed by atoms with van der Waals surface area (Å²) in [6.07, 6.45) is -0.152. The van der Waals surface area contributed by atoms with Crippen LogP contribution in [0.15, 0.2) is 84.9 Å². The van der Waals surface area contributed by atoms with Crippen LogP contribution in [-0.2, 0) is 0 Å². The van der Waals surface area contributed by atoms with Gasteiger partial charge < -0.3 is 24.8 Å². The fraction of sp³-hybridized carbons (Fsp3) is 0.207. The van der Waals surface area contributed by atoms with E-state index in [1.807, 2.05) is 30.3 Å². The maximum Gasteiger partial charge on any atom is 0.339 e. The molecule has 6 nitrogen and oxygen atoms in total. The quantitative estimate of drug-likeness (QED) is 0.357. The highest BCUT2D eigenvalue weighted by atomic mass is 16.5. The molecule has 0 radical (unpaired) electrons. The molecule has 0 aromatic heterocycles. The average Bonchev–Trinajstić information content (AvgIpc) is 2.90. The number of nitrogens with one attached hydrogen (secondary N) is 1. The average molecular weight is 469 g/mol. The van der Waals surface area contributed by atoms with E-state index in [2.05, 4.69) is 59.6 Å². The van der Waals surface area contributed by atoms with Gasteiger partial charge in [0, 0.05) is 12.6 Å². The second-order valence-electron chi connectivity index (χ2n) is 8.68. The Kier molecular flexibility index (Phi) is 6.29. The third-order valence-corrected chi connectivity index (χ3v) is 6.50. The molecule has 2 N–H and O–H groups in total. The smallest absolute Gasteiger partial charge is 0.339 e. The summed E-state index contributed by atoms with van der Waals surface area (Å²) in [4.78, 5) is 13.9. The number of carboxylic acids is 1. The van der Waals surface area contributed by atoms with Crippen LogP contribution in [0.1, 0.15) is 28.9 Å². The molecule has 0 fully saturated rings. The van der Waals surface area contributed by atoms with E-state index in [1.165, 1.54) is 23.4 Å². The molecule has 35 heavy (non-hydrogen) atoms. The number of hydrogen-bond acceptors (Lipinski definition) is 5. The number of para-hydroxylation sites is 3. The number of hydrogen-bond donors (Lipinski definition) is 2. The van der Waals surface area contributed by atoms with Crippen molar-refractivity contribution >= 4 is 28.1 Å². The maximum atomic E-state index is 11.8. The lowest BCUT2D eigenvalue weighted by atomic mass is 9.99. The molecule has 5 rings (SSSR count). The molecule has 0 bridgehead atoms. The Bertz CT molecular complexity index is 1360. The van der Waals surface area contributed by atoms with Crippen molar-refractivity contribution in [3.63, 3.8) is 0 Å². The van der Waals surface area contributed by atoms with Gasteiger partial charge in [-0.25, -0.2) is 4.79 Å². The molecular weight excluding hydrogens is 440 g/mol. The standard InChI is InChI=1S/C29H28N2O4/c1-19(22-12-7-10-20-9-3-4-11-23(20)22)30-17-21-18-31(25-14-5-6-16-27(25)35-21)26-15-8-13-24(29(32)33)28(26)34-2/h3-16,19,21,30H,17-18H2,1-2H3,(H,32,33)/t19-,21?/m1/s1. The van der Waals surface area contributed by atoms with E-state index in [4.69, 9.17) is 9.47 Å². The highest BCUT2D eigenvalue weighted by Gasteiger charge is 2.30. The number of aromatic carboxylic acids is 1. The van der Waals surface area contributed by atoms with Gasteiger partial charge in [0.1, 0.15) is 17.4 Å². The Labute approximate surface area is 204 Å². The Hall–Kier alpha value is -4.03. The summed E-state index contributed by atoms with van der Waals surface area (Å²) >= 11 is 0. The number of ether oxygens (including phenoxy) is 2. The van der Waals surface area contributed by atoms with Crippen molar-refractivity contribution in [2.24, 2.45) is 0 Å². The van der Waals surface area contributed by atoms with E-state index in [-0.39, 0.29) is 17.7 Å². The lowest BCUT2D eigenvalue weighted by Gasteiger charge is -2.37. The van der Waals surface area contributed by atoms with Gasteiger partial charge in [0.2, 0.25) is 0 Å². The summed E-state index contributed by atoms with van der Waals surface area (Å²) in [6, 6.07) is 27.9. The van der Waals surface area contributed by atoms with E-state index in [9.17, 15) is 9.90 Å². The summed E-state index contributed by atoms with van der Waals surface area (Å²) in [5.41, 5.74) is 2.96. The second kappa shape index (κ2) is 9.68. The fourth-order valence-electron chi connectivity index (χ4n) is 4.80. The second-order valence-corrected chi connectivity index (χ2v) is 8.68. The molecule has 178 valence electrons. The highest BCUT2D eigenvalue weighted by molar-refractivity contribution is 5.94. The molecule has 4 aromatic carbocycles. The number of rotatable bonds is 7. The van der Waals surface area contributed by atoms with Gasteiger partial charge in [0.05, 0.1) is 25.0 Å². The Morgan fingerprint density at radius 3 is 2.57 bits per heavy atom. The van der Waals surface area contributed by atoms with Crippen molar-refractivity contribution in [2.75, 3.05) is 25.1 Å². The van der Waals surface area contributed by atoms with E-state index in [0.29, 0.717) is 24.5 Å². The predicted molar refractivity (Wildman–Crippen MR) is 138 cm³/mol. The van der Waals surface area contributed by atoms with Gasteiger partial charge in [-0.1, -0.05) is 60.7 Å². The van der Waals surface area contributed by atoms with Crippen molar-refractivity contribution in [2.45, 2.75) is 19.1 Å². The lowest BCUT2D eigenvalue weighted by molar-refractivity contribution is 0.0693. The first-order valence-electron chi connectivity index (χ1n) is 11.7. The molecule has 1 heterocycles. The van der Waals surface area contributed by atoms with Crippen LogP contribution in [0, 0.1) is 0 Å². The monoisotopic (exact) mass is 468 g/mol. The van der Waals surface area contributed by atoms with Gasteiger partial charge in [0.15, 0.2) is 5.75 Å². The van der Waals surface area contributed by atoms with Gasteiger partial charge in [-0.15, -0.1) is 0 Å². The van der Waals surface area contributed by atoms with E-state index in [0.717, 1.165) is 11.4 Å². The zero-order valence-corrected chi connectivity index (χ0v) is 19.8. The minimum Gasteiger partial charge on any atom is -0.494 e.